The van der Waals surface area contributed by atoms with E-state index < -0.39 is 29.1 Å². The summed E-state index contributed by atoms with van der Waals surface area (Å²) in [4.78, 5) is 48.7. The molecular formula is C34H40ClN3O5. The SMILES string of the molecule is C=CCN(C(=O)[C@@H]1[C@H]2C(=O)N(CCCCO)C(C(=O)N(CC=C)c3ccccc3Cl)C23CC[C@@]1(CC)O3)c1ccccc1. The summed E-state index contributed by atoms with van der Waals surface area (Å²) in [6, 6.07) is 15.5. The Kier molecular flexibility index (Phi) is 9.11. The molecule has 2 bridgehead atoms. The first-order valence-corrected chi connectivity index (χ1v) is 15.4. The topological polar surface area (TPSA) is 90.4 Å². The second kappa shape index (κ2) is 12.6. The normalized spacial score (nSPS) is 27.2. The van der Waals surface area contributed by atoms with Gasteiger partial charge in [0.15, 0.2) is 0 Å². The predicted octanol–water partition coefficient (Wildman–Crippen LogP) is 5.01. The second-order valence-corrected chi connectivity index (χ2v) is 12.0. The summed E-state index contributed by atoms with van der Waals surface area (Å²) in [6.07, 6.45) is 5.85. The van der Waals surface area contributed by atoms with Crippen molar-refractivity contribution >= 4 is 40.7 Å². The third-order valence-corrected chi connectivity index (χ3v) is 9.67. The lowest BCUT2D eigenvalue weighted by molar-refractivity contribution is -0.146. The number of nitrogens with zero attached hydrogens (tertiary/aromatic N) is 3. The fourth-order valence-corrected chi connectivity index (χ4v) is 7.73. The van der Waals surface area contributed by atoms with Crippen molar-refractivity contribution in [2.24, 2.45) is 11.8 Å². The third-order valence-electron chi connectivity index (χ3n) is 9.35. The van der Waals surface area contributed by atoms with Crippen LogP contribution in [0.15, 0.2) is 79.9 Å². The molecule has 2 unspecified atom stereocenters. The Morgan fingerprint density at radius 2 is 1.70 bits per heavy atom. The molecule has 9 heteroatoms. The van der Waals surface area contributed by atoms with E-state index >= 15 is 0 Å². The molecule has 5 rings (SSSR count). The maximum atomic E-state index is 14.7. The number of unbranched alkanes of at least 4 members (excludes halogenated alkanes) is 1. The highest BCUT2D eigenvalue weighted by molar-refractivity contribution is 6.34. The summed E-state index contributed by atoms with van der Waals surface area (Å²) in [5.41, 5.74) is -0.830. The molecule has 0 saturated carbocycles. The van der Waals surface area contributed by atoms with Crippen LogP contribution in [0.1, 0.15) is 39.0 Å². The van der Waals surface area contributed by atoms with Crippen molar-refractivity contribution in [1.82, 2.24) is 4.90 Å². The molecule has 1 N–H and O–H groups in total. The zero-order valence-electron chi connectivity index (χ0n) is 24.7. The number of anilines is 2. The van der Waals surface area contributed by atoms with E-state index in [9.17, 15) is 19.5 Å². The first kappa shape index (κ1) is 31.0. The molecule has 0 aromatic heterocycles. The minimum absolute atomic E-state index is 0.0262. The number of aliphatic hydroxyl groups is 1. The van der Waals surface area contributed by atoms with Gasteiger partial charge in [0.25, 0.3) is 5.91 Å². The standard InChI is InChI=1S/C34H40ClN3O5/c1-4-20-36(24-14-8-7-9-15-24)30(40)27-28-31(41)38(22-12-13-23-39)29(34(28)19-18-33(27,6-3)43-34)32(42)37(21-5-2)26-17-11-10-16-25(26)35/h4-5,7-11,14-17,27-29,39H,1-2,6,12-13,18-23H2,3H3/t27-,28-,29?,33+,34?/m0/s1. The predicted molar refractivity (Wildman–Crippen MR) is 168 cm³/mol. The summed E-state index contributed by atoms with van der Waals surface area (Å²) in [5, 5.41) is 9.90. The number of carbonyl (C=O) groups is 3. The second-order valence-electron chi connectivity index (χ2n) is 11.6. The Bertz CT molecular complexity index is 1390. The Labute approximate surface area is 258 Å². The minimum Gasteiger partial charge on any atom is -0.396 e. The molecule has 3 saturated heterocycles. The quantitative estimate of drug-likeness (QED) is 0.256. The van der Waals surface area contributed by atoms with Crippen LogP contribution in [0.5, 0.6) is 0 Å². The fourth-order valence-electron chi connectivity index (χ4n) is 7.49. The Balaban J connectivity index is 1.61. The van der Waals surface area contributed by atoms with Crippen LogP contribution in [0.3, 0.4) is 0 Å². The summed E-state index contributed by atoms with van der Waals surface area (Å²) in [6.45, 7) is 10.4. The van der Waals surface area contributed by atoms with Gasteiger partial charge in [-0.3, -0.25) is 14.4 Å². The zero-order valence-corrected chi connectivity index (χ0v) is 25.4. The van der Waals surface area contributed by atoms with Gasteiger partial charge in [0, 0.05) is 31.9 Å². The van der Waals surface area contributed by atoms with Gasteiger partial charge in [-0.1, -0.05) is 61.0 Å². The van der Waals surface area contributed by atoms with Gasteiger partial charge in [0.2, 0.25) is 11.8 Å². The molecule has 5 atom stereocenters. The summed E-state index contributed by atoms with van der Waals surface area (Å²) < 4.78 is 6.96. The Morgan fingerprint density at radius 3 is 2.35 bits per heavy atom. The van der Waals surface area contributed by atoms with Gasteiger partial charge in [-0.2, -0.15) is 0 Å². The number of para-hydroxylation sites is 2. The van der Waals surface area contributed by atoms with Crippen LogP contribution < -0.4 is 9.80 Å². The number of fused-ring (bicyclic) bond motifs is 1. The van der Waals surface area contributed by atoms with E-state index in [1.165, 1.54) is 0 Å². The van der Waals surface area contributed by atoms with Gasteiger partial charge in [0.1, 0.15) is 11.6 Å². The van der Waals surface area contributed by atoms with E-state index in [-0.39, 0.29) is 44.0 Å². The number of carbonyl (C=O) groups excluding carboxylic acids is 3. The minimum atomic E-state index is -1.18. The van der Waals surface area contributed by atoms with E-state index in [4.69, 9.17) is 16.3 Å². The molecule has 2 aromatic rings. The van der Waals surface area contributed by atoms with Crippen LogP contribution in [0, 0.1) is 11.8 Å². The molecule has 1 spiro atoms. The van der Waals surface area contributed by atoms with Gasteiger partial charge in [-0.25, -0.2) is 0 Å². The van der Waals surface area contributed by atoms with Gasteiger partial charge in [-0.15, -0.1) is 13.2 Å². The lowest BCUT2D eigenvalue weighted by Crippen LogP contribution is -2.56. The molecule has 0 radical (unpaired) electrons. The first-order valence-electron chi connectivity index (χ1n) is 15.1. The van der Waals surface area contributed by atoms with E-state index in [2.05, 4.69) is 13.2 Å². The van der Waals surface area contributed by atoms with E-state index in [1.807, 2.05) is 37.3 Å². The molecule has 3 heterocycles. The maximum Gasteiger partial charge on any atom is 0.253 e. The molecule has 8 nitrogen and oxygen atoms in total. The van der Waals surface area contributed by atoms with Crippen molar-refractivity contribution < 1.29 is 24.2 Å². The van der Waals surface area contributed by atoms with Crippen LogP contribution in [0.25, 0.3) is 0 Å². The number of halogens is 1. The van der Waals surface area contributed by atoms with Crippen molar-refractivity contribution in [2.75, 3.05) is 36.0 Å². The zero-order chi connectivity index (χ0) is 30.8. The first-order chi connectivity index (χ1) is 20.8. The van der Waals surface area contributed by atoms with Gasteiger partial charge >= 0.3 is 0 Å². The lowest BCUT2D eigenvalue weighted by Gasteiger charge is -2.37. The van der Waals surface area contributed by atoms with Crippen molar-refractivity contribution in [3.05, 3.63) is 84.9 Å². The molecule has 3 amide bonds. The van der Waals surface area contributed by atoms with Crippen molar-refractivity contribution in [2.45, 2.75) is 56.3 Å². The Morgan fingerprint density at radius 1 is 1.02 bits per heavy atom. The molecule has 2 aromatic carbocycles. The number of aliphatic hydroxyl groups excluding tert-OH is 1. The van der Waals surface area contributed by atoms with Gasteiger partial charge < -0.3 is 24.5 Å². The van der Waals surface area contributed by atoms with Crippen LogP contribution in [0.2, 0.25) is 5.02 Å². The van der Waals surface area contributed by atoms with Crippen molar-refractivity contribution in [3.63, 3.8) is 0 Å². The molecule has 43 heavy (non-hydrogen) atoms. The molecular weight excluding hydrogens is 566 g/mol. The third kappa shape index (κ3) is 5.09. The smallest absolute Gasteiger partial charge is 0.253 e. The summed E-state index contributed by atoms with van der Waals surface area (Å²) in [7, 11) is 0. The molecule has 0 aliphatic carbocycles. The number of amides is 3. The number of likely N-dealkylation sites (tertiary alicyclic amines) is 1. The molecule has 3 fully saturated rings. The van der Waals surface area contributed by atoms with Crippen LogP contribution >= 0.6 is 11.6 Å². The average Bonchev–Trinajstić information content (AvgIpc) is 3.62. The highest BCUT2D eigenvalue weighted by Gasteiger charge is 2.79. The number of hydrogen-bond acceptors (Lipinski definition) is 5. The largest absolute Gasteiger partial charge is 0.396 e. The van der Waals surface area contributed by atoms with Crippen LogP contribution in [-0.4, -0.2) is 71.2 Å². The van der Waals surface area contributed by atoms with Crippen LogP contribution in [-0.2, 0) is 19.1 Å². The van der Waals surface area contributed by atoms with E-state index in [0.717, 1.165) is 0 Å². The molecule has 228 valence electrons. The number of ether oxygens (including phenoxy) is 1. The summed E-state index contributed by atoms with van der Waals surface area (Å²) in [5.74, 6) is -2.38. The van der Waals surface area contributed by atoms with Gasteiger partial charge in [0.05, 0.1) is 28.1 Å². The van der Waals surface area contributed by atoms with Crippen molar-refractivity contribution in [1.29, 1.82) is 0 Å². The monoisotopic (exact) mass is 605 g/mol. The van der Waals surface area contributed by atoms with E-state index in [0.29, 0.717) is 48.5 Å². The highest BCUT2D eigenvalue weighted by atomic mass is 35.5. The molecule has 3 aliphatic rings. The van der Waals surface area contributed by atoms with Crippen LogP contribution in [0.4, 0.5) is 11.4 Å². The number of benzene rings is 2. The molecule has 3 aliphatic heterocycles. The van der Waals surface area contributed by atoms with E-state index in [1.54, 1.807) is 51.1 Å². The lowest BCUT2D eigenvalue weighted by atomic mass is 9.64. The Hall–Kier alpha value is -3.46. The van der Waals surface area contributed by atoms with Gasteiger partial charge in [-0.05, 0) is 56.4 Å². The fraction of sp³-hybridized carbons (Fsp3) is 0.441. The highest BCUT2D eigenvalue weighted by Crippen LogP contribution is 2.65. The van der Waals surface area contributed by atoms with Crippen molar-refractivity contribution in [3.8, 4) is 0 Å². The number of rotatable bonds is 13. The summed E-state index contributed by atoms with van der Waals surface area (Å²) >= 11 is 6.57. The average molecular weight is 606 g/mol. The maximum absolute atomic E-state index is 14.7. The number of hydrogen-bond donors (Lipinski definition) is 1.